The summed E-state index contributed by atoms with van der Waals surface area (Å²) >= 11 is 3.51. The summed E-state index contributed by atoms with van der Waals surface area (Å²) in [6.45, 7) is 0.104. The monoisotopic (exact) mass is 314 g/mol. The standard InChI is InChI=1S/C14H19BrO3/c1-17-13-7-6-12(15)11(8-9-16)14(13)18-10-4-2-3-5-10/h6-7,10,16H,2-5,8-9H2,1H3. The maximum atomic E-state index is 9.18. The first-order valence-corrected chi connectivity index (χ1v) is 7.18. The number of aliphatic hydroxyl groups excluding tert-OH is 1. The second-order valence-electron chi connectivity index (χ2n) is 4.56. The molecule has 100 valence electrons. The molecule has 3 nitrogen and oxygen atoms in total. The third kappa shape index (κ3) is 2.98. The molecular formula is C14H19BrO3. The average Bonchev–Trinajstić information content (AvgIpc) is 2.87. The molecule has 0 atom stereocenters. The van der Waals surface area contributed by atoms with Crippen LogP contribution in [0.2, 0.25) is 0 Å². The summed E-state index contributed by atoms with van der Waals surface area (Å²) in [4.78, 5) is 0. The van der Waals surface area contributed by atoms with Crippen LogP contribution in [0.15, 0.2) is 16.6 Å². The molecule has 4 heteroatoms. The third-order valence-electron chi connectivity index (χ3n) is 3.34. The predicted octanol–water partition coefficient (Wildman–Crippen LogP) is 3.31. The number of methoxy groups -OCH3 is 1. The molecule has 0 saturated heterocycles. The average molecular weight is 315 g/mol. The van der Waals surface area contributed by atoms with Crippen LogP contribution < -0.4 is 9.47 Å². The van der Waals surface area contributed by atoms with Crippen molar-refractivity contribution in [2.24, 2.45) is 0 Å². The lowest BCUT2D eigenvalue weighted by molar-refractivity contribution is 0.196. The van der Waals surface area contributed by atoms with Crippen LogP contribution in [0.1, 0.15) is 31.2 Å². The number of ether oxygens (including phenoxy) is 2. The van der Waals surface area contributed by atoms with Crippen LogP contribution in [0.25, 0.3) is 0 Å². The number of halogens is 1. The van der Waals surface area contributed by atoms with Gasteiger partial charge in [-0.25, -0.2) is 0 Å². The topological polar surface area (TPSA) is 38.7 Å². The molecule has 1 aromatic carbocycles. The van der Waals surface area contributed by atoms with Gasteiger partial charge in [0.25, 0.3) is 0 Å². The van der Waals surface area contributed by atoms with Crippen molar-refractivity contribution in [3.8, 4) is 11.5 Å². The van der Waals surface area contributed by atoms with Gasteiger partial charge in [-0.1, -0.05) is 15.9 Å². The first kappa shape index (κ1) is 13.7. The van der Waals surface area contributed by atoms with E-state index in [1.54, 1.807) is 7.11 Å². The van der Waals surface area contributed by atoms with Crippen molar-refractivity contribution >= 4 is 15.9 Å². The Morgan fingerprint density at radius 3 is 2.67 bits per heavy atom. The molecule has 0 heterocycles. The summed E-state index contributed by atoms with van der Waals surface area (Å²) in [6, 6.07) is 3.83. The van der Waals surface area contributed by atoms with Crippen molar-refractivity contribution in [3.63, 3.8) is 0 Å². The normalized spacial score (nSPS) is 15.9. The van der Waals surface area contributed by atoms with Gasteiger partial charge < -0.3 is 14.6 Å². The molecular weight excluding hydrogens is 296 g/mol. The van der Waals surface area contributed by atoms with E-state index in [2.05, 4.69) is 15.9 Å². The van der Waals surface area contributed by atoms with E-state index in [1.165, 1.54) is 12.8 Å². The van der Waals surface area contributed by atoms with Crippen LogP contribution in [0.3, 0.4) is 0 Å². The molecule has 0 aliphatic heterocycles. The molecule has 2 rings (SSSR count). The summed E-state index contributed by atoms with van der Waals surface area (Å²) in [6.07, 6.45) is 5.53. The molecule has 1 aromatic rings. The van der Waals surface area contributed by atoms with E-state index in [-0.39, 0.29) is 12.7 Å². The summed E-state index contributed by atoms with van der Waals surface area (Å²) < 4.78 is 12.4. The molecule has 1 N–H and O–H groups in total. The van der Waals surface area contributed by atoms with Gasteiger partial charge in [-0.3, -0.25) is 0 Å². The lowest BCUT2D eigenvalue weighted by Crippen LogP contribution is -2.13. The Balaban J connectivity index is 2.30. The molecule has 0 unspecified atom stereocenters. The zero-order valence-corrected chi connectivity index (χ0v) is 12.2. The van der Waals surface area contributed by atoms with Crippen molar-refractivity contribution in [2.75, 3.05) is 13.7 Å². The molecule has 1 aliphatic rings. The van der Waals surface area contributed by atoms with Gasteiger partial charge >= 0.3 is 0 Å². The van der Waals surface area contributed by atoms with E-state index < -0.39 is 0 Å². The Bertz CT molecular complexity index is 400. The Morgan fingerprint density at radius 2 is 2.06 bits per heavy atom. The molecule has 0 aromatic heterocycles. The van der Waals surface area contributed by atoms with Crippen molar-refractivity contribution in [3.05, 3.63) is 22.2 Å². The van der Waals surface area contributed by atoms with Crippen LogP contribution in [0.5, 0.6) is 11.5 Å². The van der Waals surface area contributed by atoms with E-state index >= 15 is 0 Å². The van der Waals surface area contributed by atoms with Gasteiger partial charge in [0.2, 0.25) is 0 Å². The fraction of sp³-hybridized carbons (Fsp3) is 0.571. The summed E-state index contributed by atoms with van der Waals surface area (Å²) in [5, 5.41) is 9.18. The number of hydrogen-bond acceptors (Lipinski definition) is 3. The first-order chi connectivity index (χ1) is 8.76. The molecule has 18 heavy (non-hydrogen) atoms. The predicted molar refractivity (Wildman–Crippen MR) is 74.4 cm³/mol. The third-order valence-corrected chi connectivity index (χ3v) is 4.08. The van der Waals surface area contributed by atoms with Gasteiger partial charge in [0, 0.05) is 23.1 Å². The molecule has 0 radical (unpaired) electrons. The van der Waals surface area contributed by atoms with E-state index in [0.717, 1.165) is 34.4 Å². The SMILES string of the molecule is COc1ccc(Br)c(CCO)c1OC1CCCC1. The Hall–Kier alpha value is -0.740. The largest absolute Gasteiger partial charge is 0.493 e. The van der Waals surface area contributed by atoms with Gasteiger partial charge in [-0.15, -0.1) is 0 Å². The van der Waals surface area contributed by atoms with Crippen molar-refractivity contribution in [2.45, 2.75) is 38.2 Å². The zero-order valence-electron chi connectivity index (χ0n) is 10.6. The van der Waals surface area contributed by atoms with Gasteiger partial charge in [0.1, 0.15) is 0 Å². The van der Waals surface area contributed by atoms with E-state index in [0.29, 0.717) is 6.42 Å². The number of benzene rings is 1. The fourth-order valence-corrected chi connectivity index (χ4v) is 2.90. The highest BCUT2D eigenvalue weighted by molar-refractivity contribution is 9.10. The minimum Gasteiger partial charge on any atom is -0.493 e. The van der Waals surface area contributed by atoms with Crippen molar-refractivity contribution in [1.82, 2.24) is 0 Å². The molecule has 0 bridgehead atoms. The highest BCUT2D eigenvalue weighted by Gasteiger charge is 2.21. The first-order valence-electron chi connectivity index (χ1n) is 6.39. The summed E-state index contributed by atoms with van der Waals surface area (Å²) in [5.41, 5.74) is 0.990. The van der Waals surface area contributed by atoms with Crippen LogP contribution >= 0.6 is 15.9 Å². The summed E-state index contributed by atoms with van der Waals surface area (Å²) in [7, 11) is 1.65. The number of aliphatic hydroxyl groups is 1. The van der Waals surface area contributed by atoms with Gasteiger partial charge in [-0.2, -0.15) is 0 Å². The van der Waals surface area contributed by atoms with Crippen molar-refractivity contribution in [1.29, 1.82) is 0 Å². The van der Waals surface area contributed by atoms with E-state index in [1.807, 2.05) is 12.1 Å². The van der Waals surface area contributed by atoms with Crippen molar-refractivity contribution < 1.29 is 14.6 Å². The molecule has 0 amide bonds. The lowest BCUT2D eigenvalue weighted by atomic mass is 10.1. The van der Waals surface area contributed by atoms with Crippen LogP contribution in [0, 0.1) is 0 Å². The summed E-state index contributed by atoms with van der Waals surface area (Å²) in [5.74, 6) is 1.53. The maximum absolute atomic E-state index is 9.18. The van der Waals surface area contributed by atoms with Crippen LogP contribution in [0.4, 0.5) is 0 Å². The molecule has 1 fully saturated rings. The number of rotatable bonds is 5. The van der Waals surface area contributed by atoms with Crippen LogP contribution in [-0.2, 0) is 6.42 Å². The smallest absolute Gasteiger partial charge is 0.165 e. The molecule has 1 saturated carbocycles. The Kier molecular flexibility index (Phi) is 4.89. The van der Waals surface area contributed by atoms with Gasteiger partial charge in [0.15, 0.2) is 11.5 Å². The van der Waals surface area contributed by atoms with Gasteiger partial charge in [-0.05, 0) is 37.8 Å². The highest BCUT2D eigenvalue weighted by Crippen LogP contribution is 2.38. The quantitative estimate of drug-likeness (QED) is 0.906. The van der Waals surface area contributed by atoms with Crippen LogP contribution in [-0.4, -0.2) is 24.9 Å². The minimum absolute atomic E-state index is 0.104. The van der Waals surface area contributed by atoms with E-state index in [9.17, 15) is 5.11 Å². The lowest BCUT2D eigenvalue weighted by Gasteiger charge is -2.20. The van der Waals surface area contributed by atoms with Gasteiger partial charge in [0.05, 0.1) is 13.2 Å². The maximum Gasteiger partial charge on any atom is 0.165 e. The molecule has 0 spiro atoms. The number of hydrogen-bond donors (Lipinski definition) is 1. The highest BCUT2D eigenvalue weighted by atomic mass is 79.9. The zero-order chi connectivity index (χ0) is 13.0. The Labute approximate surface area is 116 Å². The van der Waals surface area contributed by atoms with E-state index in [4.69, 9.17) is 9.47 Å². The fourth-order valence-electron chi connectivity index (χ4n) is 2.39. The molecule has 1 aliphatic carbocycles. The second kappa shape index (κ2) is 6.43. The minimum atomic E-state index is 0.104. The Morgan fingerprint density at radius 1 is 1.33 bits per heavy atom. The second-order valence-corrected chi connectivity index (χ2v) is 5.41.